The van der Waals surface area contributed by atoms with Gasteiger partial charge in [-0.2, -0.15) is 0 Å². The average molecular weight is 314 g/mol. The zero-order valence-corrected chi connectivity index (χ0v) is 12.9. The van der Waals surface area contributed by atoms with Crippen LogP contribution in [0, 0.1) is 13.8 Å². The highest BCUT2D eigenvalue weighted by Crippen LogP contribution is 2.35. The Morgan fingerprint density at radius 2 is 1.90 bits per heavy atom. The Hall–Kier alpha value is -1.00. The van der Waals surface area contributed by atoms with E-state index in [0.29, 0.717) is 22.4 Å². The molecule has 0 aliphatic rings. The average Bonchev–Trinajstić information content (AvgIpc) is 2.73. The van der Waals surface area contributed by atoms with Gasteiger partial charge < -0.3 is 15.3 Å². The predicted molar refractivity (Wildman–Crippen MR) is 81.4 cm³/mol. The largest absolute Gasteiger partial charge is 0.466 e. The fraction of sp³-hybridized carbons (Fsp3) is 0.333. The highest BCUT2D eigenvalue weighted by atomic mass is 35.5. The Balaban J connectivity index is 2.36. The van der Waals surface area contributed by atoms with E-state index in [1.165, 1.54) is 0 Å². The van der Waals surface area contributed by atoms with E-state index in [1.807, 2.05) is 26.0 Å². The number of nitrogens with two attached hydrogens (primary N) is 1. The number of aliphatic hydroxyl groups excluding tert-OH is 1. The van der Waals surface area contributed by atoms with Crippen molar-refractivity contribution in [3.05, 3.63) is 57.0 Å². The molecular weight excluding hydrogens is 297 g/mol. The number of benzene rings is 1. The van der Waals surface area contributed by atoms with Gasteiger partial charge in [0.25, 0.3) is 0 Å². The molecule has 2 unspecified atom stereocenters. The highest BCUT2D eigenvalue weighted by molar-refractivity contribution is 6.42. The van der Waals surface area contributed by atoms with Crippen molar-refractivity contribution in [1.29, 1.82) is 0 Å². The van der Waals surface area contributed by atoms with E-state index in [0.717, 1.165) is 16.9 Å². The van der Waals surface area contributed by atoms with Crippen LogP contribution in [0.5, 0.6) is 0 Å². The van der Waals surface area contributed by atoms with Crippen LogP contribution in [0.3, 0.4) is 0 Å². The maximum absolute atomic E-state index is 10.6. The van der Waals surface area contributed by atoms with Crippen molar-refractivity contribution in [2.24, 2.45) is 5.73 Å². The van der Waals surface area contributed by atoms with Gasteiger partial charge in [0, 0.05) is 18.0 Å². The molecule has 0 bridgehead atoms. The molecule has 0 saturated heterocycles. The summed E-state index contributed by atoms with van der Waals surface area (Å²) in [6, 6.07) is 7.12. The van der Waals surface area contributed by atoms with Crippen molar-refractivity contribution < 1.29 is 9.52 Å². The number of aliphatic hydroxyl groups is 1. The molecule has 0 aliphatic carbocycles. The summed E-state index contributed by atoms with van der Waals surface area (Å²) in [5, 5.41) is 11.5. The second-order valence-electron chi connectivity index (χ2n) is 4.83. The lowest BCUT2D eigenvalue weighted by Crippen LogP contribution is -2.20. The topological polar surface area (TPSA) is 59.4 Å². The fourth-order valence-electron chi connectivity index (χ4n) is 2.35. The molecule has 1 heterocycles. The van der Waals surface area contributed by atoms with Crippen molar-refractivity contribution in [1.82, 2.24) is 0 Å². The van der Waals surface area contributed by atoms with Crippen molar-refractivity contribution >= 4 is 23.2 Å². The van der Waals surface area contributed by atoms with Gasteiger partial charge in [-0.1, -0.05) is 29.3 Å². The molecule has 1 aromatic carbocycles. The molecular formula is C15H17Cl2NO2. The molecule has 0 amide bonds. The van der Waals surface area contributed by atoms with Gasteiger partial charge in [0.1, 0.15) is 11.5 Å². The first-order valence-electron chi connectivity index (χ1n) is 6.34. The van der Waals surface area contributed by atoms with Crippen LogP contribution in [0.2, 0.25) is 10.0 Å². The summed E-state index contributed by atoms with van der Waals surface area (Å²) in [5.41, 5.74) is 7.43. The van der Waals surface area contributed by atoms with Gasteiger partial charge in [-0.05, 0) is 37.6 Å². The third-order valence-electron chi connectivity index (χ3n) is 3.40. The normalized spacial score (nSPS) is 14.3. The molecule has 0 saturated carbocycles. The lowest BCUT2D eigenvalue weighted by molar-refractivity contribution is 0.145. The van der Waals surface area contributed by atoms with Gasteiger partial charge in [-0.15, -0.1) is 0 Å². The molecule has 2 aromatic rings. The summed E-state index contributed by atoms with van der Waals surface area (Å²) in [5.74, 6) is 1.20. The molecule has 5 heteroatoms. The third kappa shape index (κ3) is 3.01. The zero-order chi connectivity index (χ0) is 14.9. The van der Waals surface area contributed by atoms with Gasteiger partial charge in [0.15, 0.2) is 0 Å². The first-order chi connectivity index (χ1) is 9.43. The third-order valence-corrected chi connectivity index (χ3v) is 4.14. The molecule has 0 radical (unpaired) electrons. The number of aryl methyl sites for hydroxylation is 2. The summed E-state index contributed by atoms with van der Waals surface area (Å²) in [6.45, 7) is 3.97. The van der Waals surface area contributed by atoms with Gasteiger partial charge in [0.05, 0.1) is 16.1 Å². The quantitative estimate of drug-likeness (QED) is 0.897. The fourth-order valence-corrected chi connectivity index (χ4v) is 2.66. The smallest absolute Gasteiger partial charge is 0.106 e. The molecule has 2 rings (SSSR count). The van der Waals surface area contributed by atoms with Crippen LogP contribution >= 0.6 is 23.2 Å². The van der Waals surface area contributed by atoms with Crippen molar-refractivity contribution in [3.8, 4) is 0 Å². The molecule has 3 nitrogen and oxygen atoms in total. The van der Waals surface area contributed by atoms with Gasteiger partial charge in [0.2, 0.25) is 0 Å². The predicted octanol–water partition coefficient (Wildman–Crippen LogP) is 3.98. The van der Waals surface area contributed by atoms with E-state index in [9.17, 15) is 5.11 Å². The number of hydrogen-bond acceptors (Lipinski definition) is 3. The molecule has 1 aromatic heterocycles. The number of halogens is 2. The maximum atomic E-state index is 10.6. The van der Waals surface area contributed by atoms with Gasteiger partial charge in [-0.25, -0.2) is 0 Å². The minimum Gasteiger partial charge on any atom is -0.466 e. The first-order valence-corrected chi connectivity index (χ1v) is 7.09. The monoisotopic (exact) mass is 313 g/mol. The standard InChI is InChI=1S/C15H17Cl2NO2/c1-8-5-11(9(2)20-8)15(19)12(7-18)10-3-4-13(16)14(17)6-10/h3-6,12,15,19H,7,18H2,1-2H3. The van der Waals surface area contributed by atoms with Crippen LogP contribution in [-0.4, -0.2) is 11.7 Å². The lowest BCUT2D eigenvalue weighted by Gasteiger charge is -2.22. The zero-order valence-electron chi connectivity index (χ0n) is 11.4. The summed E-state index contributed by atoms with van der Waals surface area (Å²) >= 11 is 11.9. The SMILES string of the molecule is Cc1cc(C(O)C(CN)c2ccc(Cl)c(Cl)c2)c(C)o1. The molecule has 0 fully saturated rings. The van der Waals surface area contributed by atoms with Crippen LogP contribution in [0.15, 0.2) is 28.7 Å². The number of rotatable bonds is 4. The summed E-state index contributed by atoms with van der Waals surface area (Å²) in [6.07, 6.45) is -0.741. The lowest BCUT2D eigenvalue weighted by atomic mass is 9.89. The summed E-state index contributed by atoms with van der Waals surface area (Å²) < 4.78 is 5.46. The van der Waals surface area contributed by atoms with Crippen LogP contribution < -0.4 is 5.73 Å². The van der Waals surface area contributed by atoms with Crippen LogP contribution in [0.1, 0.15) is 34.7 Å². The van der Waals surface area contributed by atoms with Crippen molar-refractivity contribution in [2.45, 2.75) is 25.9 Å². The van der Waals surface area contributed by atoms with E-state index >= 15 is 0 Å². The number of hydrogen-bond donors (Lipinski definition) is 2. The Bertz CT molecular complexity index is 610. The molecule has 0 aliphatic heterocycles. The second kappa shape index (κ2) is 6.19. The summed E-state index contributed by atoms with van der Waals surface area (Å²) in [7, 11) is 0. The van der Waals surface area contributed by atoms with Crippen LogP contribution in [0.4, 0.5) is 0 Å². The van der Waals surface area contributed by atoms with E-state index in [1.54, 1.807) is 12.1 Å². The van der Waals surface area contributed by atoms with Crippen LogP contribution in [-0.2, 0) is 0 Å². The van der Waals surface area contributed by atoms with Crippen molar-refractivity contribution in [2.75, 3.05) is 6.54 Å². The molecule has 2 atom stereocenters. The molecule has 108 valence electrons. The minimum absolute atomic E-state index is 0.263. The molecule has 3 N–H and O–H groups in total. The first kappa shape index (κ1) is 15.4. The summed E-state index contributed by atoms with van der Waals surface area (Å²) in [4.78, 5) is 0. The van der Waals surface area contributed by atoms with Crippen LogP contribution in [0.25, 0.3) is 0 Å². The maximum Gasteiger partial charge on any atom is 0.106 e. The van der Waals surface area contributed by atoms with E-state index < -0.39 is 6.10 Å². The highest BCUT2D eigenvalue weighted by Gasteiger charge is 2.25. The second-order valence-corrected chi connectivity index (χ2v) is 5.64. The Labute approximate surface area is 128 Å². The Morgan fingerprint density at radius 1 is 1.20 bits per heavy atom. The Kier molecular flexibility index (Phi) is 4.76. The van der Waals surface area contributed by atoms with Gasteiger partial charge >= 0.3 is 0 Å². The Morgan fingerprint density at radius 3 is 2.40 bits per heavy atom. The minimum atomic E-state index is -0.741. The molecule has 0 spiro atoms. The van der Waals surface area contributed by atoms with Crippen molar-refractivity contribution in [3.63, 3.8) is 0 Å². The molecule has 20 heavy (non-hydrogen) atoms. The van der Waals surface area contributed by atoms with E-state index in [-0.39, 0.29) is 5.92 Å². The van der Waals surface area contributed by atoms with Gasteiger partial charge in [-0.3, -0.25) is 0 Å². The van der Waals surface area contributed by atoms with E-state index in [4.69, 9.17) is 33.4 Å². The number of furan rings is 1. The van der Waals surface area contributed by atoms with E-state index in [2.05, 4.69) is 0 Å².